The van der Waals surface area contributed by atoms with Gasteiger partial charge >= 0.3 is 5.97 Å². The molecule has 0 spiro atoms. The molecule has 7 nitrogen and oxygen atoms in total. The van der Waals surface area contributed by atoms with Gasteiger partial charge < -0.3 is 9.72 Å². The van der Waals surface area contributed by atoms with Crippen molar-refractivity contribution < 1.29 is 14.3 Å². The highest BCUT2D eigenvalue weighted by atomic mass is 32.1. The fourth-order valence-electron chi connectivity index (χ4n) is 3.11. The van der Waals surface area contributed by atoms with Crippen LogP contribution in [0.25, 0.3) is 10.2 Å². The van der Waals surface area contributed by atoms with Crippen molar-refractivity contribution in [2.75, 3.05) is 6.61 Å². The van der Waals surface area contributed by atoms with Crippen LogP contribution in [-0.4, -0.2) is 32.9 Å². The summed E-state index contributed by atoms with van der Waals surface area (Å²) in [6.07, 6.45) is 2.24. The monoisotopic (exact) mass is 387 g/mol. The van der Waals surface area contributed by atoms with Crippen LogP contribution in [0.1, 0.15) is 50.8 Å². The van der Waals surface area contributed by atoms with Gasteiger partial charge in [-0.1, -0.05) is 6.92 Å². The fourth-order valence-corrected chi connectivity index (χ4v) is 4.03. The molecule has 0 bridgehead atoms. The number of carbonyl (C=O) groups excluding carboxylic acids is 2. The van der Waals surface area contributed by atoms with E-state index in [0.717, 1.165) is 11.3 Å². The summed E-state index contributed by atoms with van der Waals surface area (Å²) in [6.45, 7) is 7.27. The number of nitrogens with one attached hydrogen (secondary N) is 1. The van der Waals surface area contributed by atoms with Crippen molar-refractivity contribution in [1.82, 2.24) is 14.5 Å². The third-order valence-corrected chi connectivity index (χ3v) is 5.61. The zero-order valence-electron chi connectivity index (χ0n) is 15.7. The number of nitrogens with zero attached hydrogens (tertiary/aromatic N) is 2. The number of rotatable bonds is 6. The van der Waals surface area contributed by atoms with Gasteiger partial charge in [0.15, 0.2) is 5.78 Å². The lowest BCUT2D eigenvalue weighted by molar-refractivity contribution is 0.0519. The number of fused-ring (bicyclic) bond motifs is 1. The van der Waals surface area contributed by atoms with Gasteiger partial charge in [0.05, 0.1) is 24.9 Å². The van der Waals surface area contributed by atoms with Gasteiger partial charge in [0.1, 0.15) is 10.5 Å². The first-order chi connectivity index (χ1) is 12.9. The van der Waals surface area contributed by atoms with Gasteiger partial charge in [-0.3, -0.25) is 14.2 Å². The Bertz CT molecular complexity index is 1090. The molecule has 0 fully saturated rings. The van der Waals surface area contributed by atoms with E-state index in [9.17, 15) is 14.4 Å². The summed E-state index contributed by atoms with van der Waals surface area (Å²) in [5.41, 5.74) is 1.54. The highest BCUT2D eigenvalue weighted by Crippen LogP contribution is 2.22. The van der Waals surface area contributed by atoms with Crippen LogP contribution in [0, 0.1) is 13.8 Å². The van der Waals surface area contributed by atoms with Crippen LogP contribution in [0.15, 0.2) is 17.2 Å². The SMILES string of the molecule is CCOC(=O)c1[nH]c(C)c(C(=O)Cn2cnc3sc(CC)cc3c2=O)c1C. The van der Waals surface area contributed by atoms with Gasteiger partial charge in [0.2, 0.25) is 0 Å². The number of aromatic nitrogens is 3. The molecule has 0 aliphatic carbocycles. The van der Waals surface area contributed by atoms with Crippen LogP contribution in [0.5, 0.6) is 0 Å². The van der Waals surface area contributed by atoms with Crippen LogP contribution in [0.2, 0.25) is 0 Å². The molecule has 0 saturated carbocycles. The number of hydrogen-bond acceptors (Lipinski definition) is 6. The summed E-state index contributed by atoms with van der Waals surface area (Å²) in [6, 6.07) is 1.84. The zero-order chi connectivity index (χ0) is 19.7. The molecular weight excluding hydrogens is 366 g/mol. The Hall–Kier alpha value is -2.74. The van der Waals surface area contributed by atoms with Gasteiger partial charge in [-0.05, 0) is 38.8 Å². The smallest absolute Gasteiger partial charge is 0.355 e. The largest absolute Gasteiger partial charge is 0.461 e. The van der Waals surface area contributed by atoms with Crippen molar-refractivity contribution in [3.8, 4) is 0 Å². The number of aromatic amines is 1. The second kappa shape index (κ2) is 7.48. The van der Waals surface area contributed by atoms with Crippen molar-refractivity contribution in [1.29, 1.82) is 0 Å². The molecule has 3 aromatic rings. The van der Waals surface area contributed by atoms with Gasteiger partial charge in [-0.2, -0.15) is 0 Å². The van der Waals surface area contributed by atoms with E-state index in [2.05, 4.69) is 9.97 Å². The number of esters is 1. The molecule has 8 heteroatoms. The highest BCUT2D eigenvalue weighted by Gasteiger charge is 2.23. The van der Waals surface area contributed by atoms with Crippen LogP contribution in [-0.2, 0) is 17.7 Å². The van der Waals surface area contributed by atoms with Gasteiger partial charge in [0, 0.05) is 16.1 Å². The van der Waals surface area contributed by atoms with E-state index in [1.54, 1.807) is 20.8 Å². The maximum atomic E-state index is 12.8. The number of H-pyrrole nitrogens is 1. The number of aryl methyl sites for hydroxylation is 2. The molecule has 3 aromatic heterocycles. The Kier molecular flexibility index (Phi) is 5.27. The average Bonchev–Trinajstić information content (AvgIpc) is 3.18. The van der Waals surface area contributed by atoms with E-state index in [0.29, 0.717) is 27.0 Å². The fraction of sp³-hybridized carbons (Fsp3) is 0.368. The molecule has 0 saturated heterocycles. The summed E-state index contributed by atoms with van der Waals surface area (Å²) in [5, 5.41) is 0.530. The first-order valence-electron chi connectivity index (χ1n) is 8.74. The number of thiophene rings is 1. The van der Waals surface area contributed by atoms with E-state index in [4.69, 9.17) is 4.74 Å². The first-order valence-corrected chi connectivity index (χ1v) is 9.56. The standard InChI is InChI=1S/C19H21N3O4S/c1-5-12-7-13-17(27-12)20-9-22(18(13)24)8-14(23)15-10(3)16(21-11(15)4)19(25)26-6-2/h7,9,21H,5-6,8H2,1-4H3. The maximum Gasteiger partial charge on any atom is 0.355 e. The summed E-state index contributed by atoms with van der Waals surface area (Å²) < 4.78 is 6.32. The minimum atomic E-state index is -0.497. The van der Waals surface area contributed by atoms with Crippen molar-refractivity contribution in [3.63, 3.8) is 0 Å². The zero-order valence-corrected chi connectivity index (χ0v) is 16.5. The average molecular weight is 387 g/mol. The van der Waals surface area contributed by atoms with Crippen molar-refractivity contribution in [2.45, 2.75) is 40.7 Å². The lowest BCUT2D eigenvalue weighted by Gasteiger charge is -2.06. The third kappa shape index (κ3) is 3.44. The van der Waals surface area contributed by atoms with E-state index >= 15 is 0 Å². The van der Waals surface area contributed by atoms with Gasteiger partial charge in [0.25, 0.3) is 5.56 Å². The molecular formula is C19H21N3O4S. The molecule has 0 aromatic carbocycles. The molecule has 0 radical (unpaired) electrons. The molecule has 0 aliphatic rings. The molecule has 0 amide bonds. The van der Waals surface area contributed by atoms with E-state index < -0.39 is 5.97 Å². The van der Waals surface area contributed by atoms with Crippen LogP contribution in [0.4, 0.5) is 0 Å². The molecule has 0 atom stereocenters. The number of hydrogen-bond donors (Lipinski definition) is 1. The number of ketones is 1. The molecule has 3 heterocycles. The Morgan fingerprint density at radius 3 is 2.70 bits per heavy atom. The van der Waals surface area contributed by atoms with Crippen molar-refractivity contribution >= 4 is 33.3 Å². The lowest BCUT2D eigenvalue weighted by atomic mass is 10.1. The summed E-state index contributed by atoms with van der Waals surface area (Å²) in [4.78, 5) is 46.5. The van der Waals surface area contributed by atoms with E-state index in [1.807, 2.05) is 13.0 Å². The Labute approximate surface area is 160 Å². The number of ether oxygens (including phenoxy) is 1. The predicted molar refractivity (Wildman–Crippen MR) is 104 cm³/mol. The minimum Gasteiger partial charge on any atom is -0.461 e. The minimum absolute atomic E-state index is 0.138. The second-order valence-corrected chi connectivity index (χ2v) is 7.35. The van der Waals surface area contributed by atoms with Gasteiger partial charge in [-0.15, -0.1) is 11.3 Å². The van der Waals surface area contributed by atoms with Crippen molar-refractivity contribution in [2.24, 2.45) is 0 Å². The second-order valence-electron chi connectivity index (χ2n) is 6.23. The summed E-state index contributed by atoms with van der Waals surface area (Å²) >= 11 is 1.49. The molecule has 0 aliphatic heterocycles. The van der Waals surface area contributed by atoms with Crippen LogP contribution in [0.3, 0.4) is 0 Å². The van der Waals surface area contributed by atoms with E-state index in [1.165, 1.54) is 22.2 Å². The molecule has 27 heavy (non-hydrogen) atoms. The van der Waals surface area contributed by atoms with Crippen molar-refractivity contribution in [3.05, 3.63) is 50.1 Å². The lowest BCUT2D eigenvalue weighted by Crippen LogP contribution is -2.24. The Morgan fingerprint density at radius 1 is 1.30 bits per heavy atom. The van der Waals surface area contributed by atoms with Gasteiger partial charge in [-0.25, -0.2) is 9.78 Å². The maximum absolute atomic E-state index is 12.8. The summed E-state index contributed by atoms with van der Waals surface area (Å²) in [5.74, 6) is -0.756. The van der Waals surface area contributed by atoms with E-state index in [-0.39, 0.29) is 30.2 Å². The topological polar surface area (TPSA) is 94.1 Å². The highest BCUT2D eigenvalue weighted by molar-refractivity contribution is 7.18. The number of carbonyl (C=O) groups is 2. The normalized spacial score (nSPS) is 11.1. The summed E-state index contributed by atoms with van der Waals surface area (Å²) in [7, 11) is 0. The number of Topliss-reactive ketones (excluding diaryl/α,β-unsaturated/α-hetero) is 1. The molecule has 1 N–H and O–H groups in total. The van der Waals surface area contributed by atoms with Crippen LogP contribution >= 0.6 is 11.3 Å². The third-order valence-electron chi connectivity index (χ3n) is 4.43. The first kappa shape index (κ1) is 19.0. The quantitative estimate of drug-likeness (QED) is 0.518. The van der Waals surface area contributed by atoms with Crippen LogP contribution < -0.4 is 5.56 Å². The Balaban J connectivity index is 1.94. The molecule has 142 valence electrons. The Morgan fingerprint density at radius 2 is 2.04 bits per heavy atom. The molecule has 0 unspecified atom stereocenters. The molecule has 3 rings (SSSR count). The predicted octanol–water partition coefficient (Wildman–Crippen LogP) is 3.02.